The molecule has 7 heteroatoms. The molecule has 0 unspecified atom stereocenters. The Kier molecular flexibility index (Phi) is 8.08. The van der Waals surface area contributed by atoms with E-state index in [1.807, 2.05) is 17.0 Å². The van der Waals surface area contributed by atoms with Gasteiger partial charge < -0.3 is 15.0 Å². The number of nitrogens with one attached hydrogen (secondary N) is 1. The first-order valence-corrected chi connectivity index (χ1v) is 10.7. The molecule has 162 valence electrons. The van der Waals surface area contributed by atoms with E-state index in [2.05, 4.69) is 24.1 Å². The maximum Gasteiger partial charge on any atom is 0.260 e. The highest BCUT2D eigenvalue weighted by Crippen LogP contribution is 2.20. The molecule has 1 heterocycles. The van der Waals surface area contributed by atoms with Gasteiger partial charge in [-0.2, -0.15) is 0 Å². The van der Waals surface area contributed by atoms with Crippen LogP contribution in [0.25, 0.3) is 0 Å². The lowest BCUT2D eigenvalue weighted by Gasteiger charge is -2.45. The first-order valence-electron chi connectivity index (χ1n) is 10.3. The number of nitrogens with zero attached hydrogens (tertiary/aromatic N) is 2. The summed E-state index contributed by atoms with van der Waals surface area (Å²) in [6, 6.07) is 13.9. The summed E-state index contributed by atoms with van der Waals surface area (Å²) in [5.41, 5.74) is 1.07. The van der Waals surface area contributed by atoms with Crippen LogP contribution in [-0.2, 0) is 11.3 Å². The van der Waals surface area contributed by atoms with E-state index in [4.69, 9.17) is 16.3 Å². The fourth-order valence-corrected chi connectivity index (χ4v) is 3.86. The van der Waals surface area contributed by atoms with Crippen LogP contribution in [0.15, 0.2) is 48.5 Å². The standard InChI is InChI=1S/C23H29ClFN3O2/c1-3-26-12-21-15-28(23(29)16-30-22-10-6-19(24)7-11-22)17(2)13-27(21)14-18-4-8-20(25)9-5-18/h4-11,17,21,26H,3,12-16H2,1-2H3/t17-,21+/m1/s1. The molecule has 0 saturated carbocycles. The van der Waals surface area contributed by atoms with Gasteiger partial charge in [-0.3, -0.25) is 9.69 Å². The maximum absolute atomic E-state index is 13.2. The zero-order chi connectivity index (χ0) is 21.5. The zero-order valence-corrected chi connectivity index (χ0v) is 18.2. The molecule has 0 aromatic heterocycles. The normalized spacial score (nSPS) is 19.7. The largest absolute Gasteiger partial charge is 0.484 e. The van der Waals surface area contributed by atoms with E-state index >= 15 is 0 Å². The minimum Gasteiger partial charge on any atom is -0.484 e. The van der Waals surface area contributed by atoms with Crippen molar-refractivity contribution in [3.05, 3.63) is 64.9 Å². The molecule has 0 bridgehead atoms. The van der Waals surface area contributed by atoms with Crippen LogP contribution in [0.2, 0.25) is 5.02 Å². The van der Waals surface area contributed by atoms with Crippen LogP contribution in [-0.4, -0.2) is 60.6 Å². The minimum atomic E-state index is -0.229. The number of benzene rings is 2. The molecule has 1 fully saturated rings. The summed E-state index contributed by atoms with van der Waals surface area (Å²) >= 11 is 5.89. The Balaban J connectivity index is 1.63. The highest BCUT2D eigenvalue weighted by Gasteiger charge is 2.34. The van der Waals surface area contributed by atoms with Gasteiger partial charge in [-0.25, -0.2) is 4.39 Å². The molecule has 1 N–H and O–H groups in total. The molecular formula is C23H29ClFN3O2. The number of piperazine rings is 1. The van der Waals surface area contributed by atoms with Gasteiger partial charge in [0.2, 0.25) is 0 Å². The van der Waals surface area contributed by atoms with Crippen molar-refractivity contribution in [1.29, 1.82) is 0 Å². The van der Waals surface area contributed by atoms with Crippen LogP contribution in [0.3, 0.4) is 0 Å². The number of halogens is 2. The number of likely N-dealkylation sites (N-methyl/N-ethyl adjacent to an activating group) is 1. The molecule has 0 radical (unpaired) electrons. The summed E-state index contributed by atoms with van der Waals surface area (Å²) in [6.45, 7) is 7.87. The fourth-order valence-electron chi connectivity index (χ4n) is 3.74. The average Bonchev–Trinajstić information content (AvgIpc) is 2.74. The van der Waals surface area contributed by atoms with E-state index in [0.717, 1.165) is 31.7 Å². The number of ether oxygens (including phenoxy) is 1. The van der Waals surface area contributed by atoms with Gasteiger partial charge in [-0.05, 0) is 55.4 Å². The van der Waals surface area contributed by atoms with Crippen LogP contribution in [0.5, 0.6) is 5.75 Å². The zero-order valence-electron chi connectivity index (χ0n) is 17.5. The molecule has 1 aliphatic heterocycles. The Labute approximate surface area is 182 Å². The summed E-state index contributed by atoms with van der Waals surface area (Å²) in [4.78, 5) is 17.1. The van der Waals surface area contributed by atoms with Gasteiger partial charge in [0, 0.05) is 43.3 Å². The van der Waals surface area contributed by atoms with E-state index in [-0.39, 0.29) is 30.4 Å². The van der Waals surface area contributed by atoms with Gasteiger partial charge in [0.15, 0.2) is 6.61 Å². The van der Waals surface area contributed by atoms with Crippen molar-refractivity contribution in [2.45, 2.75) is 32.5 Å². The quantitative estimate of drug-likeness (QED) is 0.691. The lowest BCUT2D eigenvalue weighted by atomic mass is 10.0. The van der Waals surface area contributed by atoms with Gasteiger partial charge in [0.05, 0.1) is 0 Å². The van der Waals surface area contributed by atoms with Crippen molar-refractivity contribution < 1.29 is 13.9 Å². The van der Waals surface area contributed by atoms with Crippen LogP contribution >= 0.6 is 11.6 Å². The fraction of sp³-hybridized carbons (Fsp3) is 0.435. The van der Waals surface area contributed by atoms with E-state index in [0.29, 0.717) is 17.3 Å². The molecular weight excluding hydrogens is 405 g/mol. The third-order valence-corrected chi connectivity index (χ3v) is 5.63. The molecule has 3 rings (SSSR count). The number of rotatable bonds is 8. The third kappa shape index (κ3) is 6.17. The predicted molar refractivity (Wildman–Crippen MR) is 117 cm³/mol. The SMILES string of the molecule is CCNC[C@H]1CN(C(=O)COc2ccc(Cl)cc2)[C@H](C)CN1Cc1ccc(F)cc1. The number of carbonyl (C=O) groups excluding carboxylic acids is 1. The van der Waals surface area contributed by atoms with Crippen molar-refractivity contribution in [3.8, 4) is 5.75 Å². The molecule has 1 aliphatic rings. The Hall–Kier alpha value is -2.15. The summed E-state index contributed by atoms with van der Waals surface area (Å²) in [5, 5.41) is 4.03. The minimum absolute atomic E-state index is 0.00212. The van der Waals surface area contributed by atoms with Crippen molar-refractivity contribution >= 4 is 17.5 Å². The second-order valence-corrected chi connectivity index (χ2v) is 8.09. The molecule has 0 spiro atoms. The maximum atomic E-state index is 13.2. The highest BCUT2D eigenvalue weighted by molar-refractivity contribution is 6.30. The van der Waals surface area contributed by atoms with Crippen molar-refractivity contribution in [3.63, 3.8) is 0 Å². The van der Waals surface area contributed by atoms with Crippen molar-refractivity contribution in [2.24, 2.45) is 0 Å². The number of amides is 1. The van der Waals surface area contributed by atoms with Crippen LogP contribution in [0, 0.1) is 5.82 Å². The van der Waals surface area contributed by atoms with Gasteiger partial charge >= 0.3 is 0 Å². The molecule has 2 aromatic carbocycles. The number of hydrogen-bond acceptors (Lipinski definition) is 4. The Morgan fingerprint density at radius 1 is 1.17 bits per heavy atom. The second kappa shape index (κ2) is 10.8. The monoisotopic (exact) mass is 433 g/mol. The first kappa shape index (κ1) is 22.5. The lowest BCUT2D eigenvalue weighted by Crippen LogP contribution is -2.61. The topological polar surface area (TPSA) is 44.8 Å². The molecule has 2 atom stereocenters. The van der Waals surface area contributed by atoms with Gasteiger partial charge in [-0.1, -0.05) is 30.7 Å². The van der Waals surface area contributed by atoms with E-state index in [9.17, 15) is 9.18 Å². The second-order valence-electron chi connectivity index (χ2n) is 7.66. The van der Waals surface area contributed by atoms with Crippen molar-refractivity contribution in [1.82, 2.24) is 15.1 Å². The Bertz CT molecular complexity index is 816. The summed E-state index contributed by atoms with van der Waals surface area (Å²) in [6.07, 6.45) is 0. The summed E-state index contributed by atoms with van der Waals surface area (Å²) in [5.74, 6) is 0.368. The molecule has 0 aliphatic carbocycles. The molecule has 5 nitrogen and oxygen atoms in total. The van der Waals surface area contributed by atoms with E-state index in [1.54, 1.807) is 24.3 Å². The van der Waals surface area contributed by atoms with E-state index in [1.165, 1.54) is 12.1 Å². The van der Waals surface area contributed by atoms with Crippen LogP contribution in [0.4, 0.5) is 4.39 Å². The van der Waals surface area contributed by atoms with Gasteiger partial charge in [0.1, 0.15) is 11.6 Å². The van der Waals surface area contributed by atoms with Gasteiger partial charge in [-0.15, -0.1) is 0 Å². The van der Waals surface area contributed by atoms with Crippen LogP contribution in [0.1, 0.15) is 19.4 Å². The summed E-state index contributed by atoms with van der Waals surface area (Å²) < 4.78 is 18.9. The number of hydrogen-bond donors (Lipinski definition) is 1. The number of carbonyl (C=O) groups is 1. The Morgan fingerprint density at radius 3 is 2.53 bits per heavy atom. The first-order chi connectivity index (χ1) is 14.5. The molecule has 2 aromatic rings. The average molecular weight is 434 g/mol. The summed E-state index contributed by atoms with van der Waals surface area (Å²) in [7, 11) is 0. The molecule has 30 heavy (non-hydrogen) atoms. The van der Waals surface area contributed by atoms with E-state index < -0.39 is 0 Å². The molecule has 1 amide bonds. The Morgan fingerprint density at radius 2 is 1.87 bits per heavy atom. The molecule has 1 saturated heterocycles. The van der Waals surface area contributed by atoms with Crippen molar-refractivity contribution in [2.75, 3.05) is 32.8 Å². The smallest absolute Gasteiger partial charge is 0.260 e. The lowest BCUT2D eigenvalue weighted by molar-refractivity contribution is -0.139. The predicted octanol–water partition coefficient (Wildman–Crippen LogP) is 3.57. The third-order valence-electron chi connectivity index (χ3n) is 5.38. The van der Waals surface area contributed by atoms with Gasteiger partial charge in [0.25, 0.3) is 5.91 Å². The highest BCUT2D eigenvalue weighted by atomic mass is 35.5. The van der Waals surface area contributed by atoms with Crippen LogP contribution < -0.4 is 10.1 Å².